The smallest absolute Gasteiger partial charge is 0.269 e. The second-order valence-electron chi connectivity index (χ2n) is 4.39. The van der Waals surface area contributed by atoms with E-state index in [1.54, 1.807) is 12.4 Å². The number of aromatic amines is 1. The molecule has 2 N–H and O–H groups in total. The number of imidazole rings is 1. The quantitative estimate of drug-likeness (QED) is 0.613. The third-order valence-electron chi connectivity index (χ3n) is 2.87. The van der Waals surface area contributed by atoms with Crippen LogP contribution in [0.4, 0.5) is 5.69 Å². The van der Waals surface area contributed by atoms with Crippen molar-refractivity contribution in [2.75, 3.05) is 6.54 Å². The highest BCUT2D eigenvalue weighted by Crippen LogP contribution is 2.20. The summed E-state index contributed by atoms with van der Waals surface area (Å²) in [5, 5.41) is 10.6. The van der Waals surface area contributed by atoms with Gasteiger partial charge in [-0.2, -0.15) is 0 Å². The number of sulfonamides is 1. The van der Waals surface area contributed by atoms with Crippen LogP contribution in [0.5, 0.6) is 0 Å². The Morgan fingerprint density at radius 1 is 1.43 bits per heavy atom. The Labute approximate surface area is 121 Å². The van der Waals surface area contributed by atoms with Gasteiger partial charge in [-0.3, -0.25) is 10.1 Å². The van der Waals surface area contributed by atoms with E-state index in [-0.39, 0.29) is 17.1 Å². The van der Waals surface area contributed by atoms with Crippen LogP contribution in [0, 0.1) is 17.0 Å². The van der Waals surface area contributed by atoms with Crippen molar-refractivity contribution in [2.24, 2.45) is 0 Å². The number of nitro benzene ring substituents is 1. The number of benzene rings is 1. The summed E-state index contributed by atoms with van der Waals surface area (Å²) in [6.07, 6.45) is 3.67. The first-order chi connectivity index (χ1) is 9.90. The number of hydrogen-bond donors (Lipinski definition) is 2. The SMILES string of the molecule is Cc1cc([N+](=O)[O-])ccc1S(=O)(=O)NCCc1ncc[nH]1. The number of rotatable bonds is 6. The highest BCUT2D eigenvalue weighted by atomic mass is 32.2. The van der Waals surface area contributed by atoms with E-state index in [0.717, 1.165) is 0 Å². The lowest BCUT2D eigenvalue weighted by molar-refractivity contribution is -0.385. The molecule has 0 amide bonds. The van der Waals surface area contributed by atoms with E-state index in [1.807, 2.05) is 0 Å². The number of aryl methyl sites for hydroxylation is 1. The number of nitrogens with one attached hydrogen (secondary N) is 2. The molecule has 0 saturated carbocycles. The van der Waals surface area contributed by atoms with Crippen LogP contribution >= 0.6 is 0 Å². The average Bonchev–Trinajstić information content (AvgIpc) is 2.91. The molecule has 0 radical (unpaired) electrons. The molecule has 0 aliphatic rings. The molecule has 0 fully saturated rings. The van der Waals surface area contributed by atoms with Crippen LogP contribution in [0.25, 0.3) is 0 Å². The monoisotopic (exact) mass is 310 g/mol. The van der Waals surface area contributed by atoms with E-state index in [9.17, 15) is 18.5 Å². The van der Waals surface area contributed by atoms with E-state index in [2.05, 4.69) is 14.7 Å². The largest absolute Gasteiger partial charge is 0.349 e. The number of nitro groups is 1. The Morgan fingerprint density at radius 3 is 2.76 bits per heavy atom. The van der Waals surface area contributed by atoms with Crippen LogP contribution in [0.1, 0.15) is 11.4 Å². The third-order valence-corrected chi connectivity index (χ3v) is 4.49. The van der Waals surface area contributed by atoms with Crippen molar-refractivity contribution in [2.45, 2.75) is 18.2 Å². The van der Waals surface area contributed by atoms with Crippen molar-refractivity contribution in [3.63, 3.8) is 0 Å². The molecule has 0 unspecified atom stereocenters. The van der Waals surface area contributed by atoms with Crippen LogP contribution in [0.3, 0.4) is 0 Å². The maximum absolute atomic E-state index is 12.2. The molecule has 8 nitrogen and oxygen atoms in total. The Bertz CT molecular complexity index is 741. The molecule has 2 rings (SSSR count). The highest BCUT2D eigenvalue weighted by molar-refractivity contribution is 7.89. The molecule has 9 heteroatoms. The molecule has 0 atom stereocenters. The summed E-state index contributed by atoms with van der Waals surface area (Å²) < 4.78 is 26.7. The zero-order valence-electron chi connectivity index (χ0n) is 11.2. The fourth-order valence-corrected chi connectivity index (χ4v) is 3.12. The second kappa shape index (κ2) is 6.02. The summed E-state index contributed by atoms with van der Waals surface area (Å²) in [6, 6.07) is 3.65. The van der Waals surface area contributed by atoms with E-state index < -0.39 is 14.9 Å². The van der Waals surface area contributed by atoms with E-state index in [0.29, 0.717) is 17.8 Å². The Hall–Kier alpha value is -2.26. The number of H-pyrrole nitrogens is 1. The van der Waals surface area contributed by atoms with Gasteiger partial charge in [-0.05, 0) is 18.6 Å². The van der Waals surface area contributed by atoms with Crippen LogP contribution in [0.15, 0.2) is 35.5 Å². The van der Waals surface area contributed by atoms with Crippen LogP contribution < -0.4 is 4.72 Å². The molecule has 21 heavy (non-hydrogen) atoms. The lowest BCUT2D eigenvalue weighted by Crippen LogP contribution is -2.26. The molecule has 0 saturated heterocycles. The molecule has 112 valence electrons. The molecule has 1 aromatic carbocycles. The zero-order chi connectivity index (χ0) is 15.5. The topological polar surface area (TPSA) is 118 Å². The normalized spacial score (nSPS) is 11.5. The molecule has 0 bridgehead atoms. The van der Waals surface area contributed by atoms with Gasteiger partial charge in [-0.1, -0.05) is 0 Å². The van der Waals surface area contributed by atoms with Gasteiger partial charge >= 0.3 is 0 Å². The van der Waals surface area contributed by atoms with Crippen molar-refractivity contribution < 1.29 is 13.3 Å². The van der Waals surface area contributed by atoms with Crippen molar-refractivity contribution in [3.8, 4) is 0 Å². The van der Waals surface area contributed by atoms with Gasteiger partial charge in [-0.15, -0.1) is 0 Å². The van der Waals surface area contributed by atoms with Gasteiger partial charge in [-0.25, -0.2) is 18.1 Å². The predicted molar refractivity (Wildman–Crippen MR) is 75.3 cm³/mol. The van der Waals surface area contributed by atoms with Crippen molar-refractivity contribution in [1.29, 1.82) is 0 Å². The maximum Gasteiger partial charge on any atom is 0.269 e. The molecule has 0 aliphatic carbocycles. The Morgan fingerprint density at radius 2 is 2.19 bits per heavy atom. The Balaban J connectivity index is 2.10. The van der Waals surface area contributed by atoms with Gasteiger partial charge in [0.05, 0.1) is 9.82 Å². The van der Waals surface area contributed by atoms with Crippen molar-refractivity contribution in [1.82, 2.24) is 14.7 Å². The first kappa shape index (κ1) is 15.1. The molecule has 1 heterocycles. The van der Waals surface area contributed by atoms with Crippen molar-refractivity contribution in [3.05, 3.63) is 52.1 Å². The molecule has 2 aromatic rings. The van der Waals surface area contributed by atoms with Crippen LogP contribution in [-0.4, -0.2) is 29.9 Å². The first-order valence-electron chi connectivity index (χ1n) is 6.13. The molecule has 0 spiro atoms. The fourth-order valence-electron chi connectivity index (χ4n) is 1.86. The van der Waals surface area contributed by atoms with Gasteiger partial charge in [0.2, 0.25) is 10.0 Å². The molecule has 1 aromatic heterocycles. The number of non-ortho nitro benzene ring substituents is 1. The molecular formula is C12H14N4O4S. The van der Waals surface area contributed by atoms with E-state index in [1.165, 1.54) is 25.1 Å². The summed E-state index contributed by atoms with van der Waals surface area (Å²) in [4.78, 5) is 17.0. The lowest BCUT2D eigenvalue weighted by Gasteiger charge is -2.08. The zero-order valence-corrected chi connectivity index (χ0v) is 12.1. The predicted octanol–water partition coefficient (Wildman–Crippen LogP) is 1.15. The van der Waals surface area contributed by atoms with Crippen LogP contribution in [-0.2, 0) is 16.4 Å². The average molecular weight is 310 g/mol. The first-order valence-corrected chi connectivity index (χ1v) is 7.61. The van der Waals surface area contributed by atoms with Gasteiger partial charge in [0, 0.05) is 37.5 Å². The standard InChI is InChI=1S/C12H14N4O4S/c1-9-8-10(16(17)18)2-3-11(9)21(19,20)15-5-4-12-13-6-7-14-12/h2-3,6-8,15H,4-5H2,1H3,(H,13,14). The molecule has 0 aliphatic heterocycles. The Kier molecular flexibility index (Phi) is 4.34. The molecular weight excluding hydrogens is 296 g/mol. The minimum absolute atomic E-state index is 0.0348. The summed E-state index contributed by atoms with van der Waals surface area (Å²) in [5.74, 6) is 0.679. The summed E-state index contributed by atoms with van der Waals surface area (Å²) in [6.45, 7) is 1.71. The second-order valence-corrected chi connectivity index (χ2v) is 6.13. The number of aromatic nitrogens is 2. The summed E-state index contributed by atoms with van der Waals surface area (Å²) in [7, 11) is -3.70. The van der Waals surface area contributed by atoms with Gasteiger partial charge in [0.25, 0.3) is 5.69 Å². The highest BCUT2D eigenvalue weighted by Gasteiger charge is 2.18. The van der Waals surface area contributed by atoms with E-state index >= 15 is 0 Å². The maximum atomic E-state index is 12.2. The lowest BCUT2D eigenvalue weighted by atomic mass is 10.2. The van der Waals surface area contributed by atoms with Gasteiger partial charge in [0.15, 0.2) is 0 Å². The summed E-state index contributed by atoms with van der Waals surface area (Å²) >= 11 is 0. The summed E-state index contributed by atoms with van der Waals surface area (Å²) in [5.41, 5.74) is 0.191. The van der Waals surface area contributed by atoms with Crippen LogP contribution in [0.2, 0.25) is 0 Å². The van der Waals surface area contributed by atoms with Gasteiger partial charge in [0.1, 0.15) is 5.82 Å². The number of nitrogens with zero attached hydrogens (tertiary/aromatic N) is 2. The van der Waals surface area contributed by atoms with Gasteiger partial charge < -0.3 is 4.98 Å². The fraction of sp³-hybridized carbons (Fsp3) is 0.250. The van der Waals surface area contributed by atoms with Crippen molar-refractivity contribution >= 4 is 15.7 Å². The minimum Gasteiger partial charge on any atom is -0.349 e. The number of hydrogen-bond acceptors (Lipinski definition) is 5. The minimum atomic E-state index is -3.70. The van der Waals surface area contributed by atoms with E-state index in [4.69, 9.17) is 0 Å². The third kappa shape index (κ3) is 3.64.